The molecule has 2 heteroatoms. The molecule has 0 bridgehead atoms. The fourth-order valence-electron chi connectivity index (χ4n) is 2.21. The SMILES string of the molecule is C=C[S@@](=O)c1c(C(C)C)cc(C(C)C)cc1C(C)C. The molecular weight excluding hydrogens is 252 g/mol. The molecule has 19 heavy (non-hydrogen) atoms. The number of hydrogen-bond acceptors (Lipinski definition) is 1. The predicted molar refractivity (Wildman–Crippen MR) is 85.3 cm³/mol. The van der Waals surface area contributed by atoms with Gasteiger partial charge in [-0.05, 0) is 34.4 Å². The molecule has 0 radical (unpaired) electrons. The number of benzene rings is 1. The Balaban J connectivity index is 3.65. The third kappa shape index (κ3) is 3.56. The van der Waals surface area contributed by atoms with Crippen molar-refractivity contribution in [2.24, 2.45) is 0 Å². The van der Waals surface area contributed by atoms with Gasteiger partial charge in [-0.25, -0.2) is 4.21 Å². The highest BCUT2D eigenvalue weighted by Crippen LogP contribution is 2.34. The van der Waals surface area contributed by atoms with Crippen LogP contribution in [-0.2, 0) is 10.8 Å². The second kappa shape index (κ2) is 6.51. The summed E-state index contributed by atoms with van der Waals surface area (Å²) in [5.41, 5.74) is 3.73. The molecule has 0 aliphatic heterocycles. The van der Waals surface area contributed by atoms with Crippen molar-refractivity contribution < 1.29 is 4.21 Å². The van der Waals surface area contributed by atoms with E-state index in [9.17, 15) is 4.21 Å². The first kappa shape index (κ1) is 16.2. The fraction of sp³-hybridized carbons (Fsp3) is 0.529. The van der Waals surface area contributed by atoms with Gasteiger partial charge in [-0.15, -0.1) is 0 Å². The summed E-state index contributed by atoms with van der Waals surface area (Å²) in [7, 11) is -1.11. The van der Waals surface area contributed by atoms with Gasteiger partial charge in [0.25, 0.3) is 0 Å². The minimum absolute atomic E-state index is 0.370. The van der Waals surface area contributed by atoms with Crippen molar-refractivity contribution in [3.05, 3.63) is 40.8 Å². The number of rotatable bonds is 5. The third-order valence-electron chi connectivity index (χ3n) is 3.43. The van der Waals surface area contributed by atoms with Gasteiger partial charge in [0.2, 0.25) is 0 Å². The molecule has 0 saturated carbocycles. The number of hydrogen-bond donors (Lipinski definition) is 0. The van der Waals surface area contributed by atoms with Crippen LogP contribution in [0.3, 0.4) is 0 Å². The van der Waals surface area contributed by atoms with E-state index in [0.29, 0.717) is 17.8 Å². The lowest BCUT2D eigenvalue weighted by molar-refractivity contribution is 0.681. The maximum Gasteiger partial charge on any atom is 0.0775 e. The lowest BCUT2D eigenvalue weighted by Gasteiger charge is -2.21. The first-order valence-corrected chi connectivity index (χ1v) is 8.21. The molecule has 1 nitrogen and oxygen atoms in total. The Labute approximate surface area is 120 Å². The average Bonchev–Trinajstić information content (AvgIpc) is 2.35. The molecular formula is C17H26OS. The average molecular weight is 278 g/mol. The van der Waals surface area contributed by atoms with Crippen molar-refractivity contribution in [1.29, 1.82) is 0 Å². The summed E-state index contributed by atoms with van der Waals surface area (Å²) in [6, 6.07) is 4.44. The van der Waals surface area contributed by atoms with Crippen LogP contribution < -0.4 is 0 Å². The Morgan fingerprint density at radius 1 is 0.947 bits per heavy atom. The monoisotopic (exact) mass is 278 g/mol. The van der Waals surface area contributed by atoms with Gasteiger partial charge in [0.15, 0.2) is 0 Å². The van der Waals surface area contributed by atoms with Crippen LogP contribution in [0.15, 0.2) is 29.0 Å². The molecule has 0 saturated heterocycles. The molecule has 0 aromatic heterocycles. The van der Waals surface area contributed by atoms with E-state index in [1.807, 2.05) is 0 Å². The molecule has 0 spiro atoms. The molecule has 0 aliphatic carbocycles. The fourth-order valence-corrected chi connectivity index (χ4v) is 3.43. The lowest BCUT2D eigenvalue weighted by atomic mass is 9.89. The molecule has 0 aliphatic rings. The van der Waals surface area contributed by atoms with Crippen molar-refractivity contribution in [3.63, 3.8) is 0 Å². The maximum absolute atomic E-state index is 12.3. The van der Waals surface area contributed by atoms with Gasteiger partial charge in [-0.1, -0.05) is 60.3 Å². The van der Waals surface area contributed by atoms with Crippen LogP contribution >= 0.6 is 0 Å². The molecule has 0 N–H and O–H groups in total. The summed E-state index contributed by atoms with van der Waals surface area (Å²) in [6.45, 7) is 16.7. The van der Waals surface area contributed by atoms with Crippen LogP contribution in [0.5, 0.6) is 0 Å². The largest absolute Gasteiger partial charge is 0.250 e. The topological polar surface area (TPSA) is 17.1 Å². The zero-order chi connectivity index (χ0) is 14.7. The zero-order valence-electron chi connectivity index (χ0n) is 13.0. The zero-order valence-corrected chi connectivity index (χ0v) is 13.8. The molecule has 0 unspecified atom stereocenters. The summed E-state index contributed by atoms with van der Waals surface area (Å²) in [4.78, 5) is 0.976. The van der Waals surface area contributed by atoms with E-state index >= 15 is 0 Å². The second-order valence-corrected chi connectivity index (χ2v) is 7.29. The van der Waals surface area contributed by atoms with Crippen molar-refractivity contribution in [3.8, 4) is 0 Å². The van der Waals surface area contributed by atoms with E-state index in [4.69, 9.17) is 0 Å². The van der Waals surface area contributed by atoms with Crippen LogP contribution in [0.4, 0.5) is 0 Å². The standard InChI is InChI=1S/C17H26OS/c1-8-19(18)17-15(12(4)5)9-14(11(2)3)10-16(17)13(6)7/h8-13H,1H2,2-7H3/t19-/m1/s1. The Bertz CT molecular complexity index is 455. The molecule has 106 valence electrons. The highest BCUT2D eigenvalue weighted by molar-refractivity contribution is 7.88. The van der Waals surface area contributed by atoms with Crippen molar-refractivity contribution in [2.75, 3.05) is 0 Å². The van der Waals surface area contributed by atoms with Crippen molar-refractivity contribution >= 4 is 10.8 Å². The van der Waals surface area contributed by atoms with Crippen LogP contribution in [0.25, 0.3) is 0 Å². The Morgan fingerprint density at radius 3 is 1.63 bits per heavy atom. The van der Waals surface area contributed by atoms with Gasteiger partial charge in [-0.2, -0.15) is 0 Å². The normalized spacial score (nSPS) is 13.3. The maximum atomic E-state index is 12.3. The molecule has 0 fully saturated rings. The van der Waals surface area contributed by atoms with Gasteiger partial charge in [0.1, 0.15) is 0 Å². The minimum atomic E-state index is -1.11. The first-order valence-electron chi connectivity index (χ1n) is 7.00. The van der Waals surface area contributed by atoms with E-state index in [1.165, 1.54) is 16.7 Å². The van der Waals surface area contributed by atoms with Gasteiger partial charge >= 0.3 is 0 Å². The summed E-state index contributed by atoms with van der Waals surface area (Å²) in [6.07, 6.45) is 0. The molecule has 1 atom stereocenters. The summed E-state index contributed by atoms with van der Waals surface area (Å²) in [5, 5.41) is 1.54. The van der Waals surface area contributed by atoms with Gasteiger partial charge < -0.3 is 0 Å². The van der Waals surface area contributed by atoms with E-state index in [0.717, 1.165) is 4.90 Å². The van der Waals surface area contributed by atoms with Crippen LogP contribution in [-0.4, -0.2) is 4.21 Å². The summed E-state index contributed by atoms with van der Waals surface area (Å²) < 4.78 is 12.3. The lowest BCUT2D eigenvalue weighted by Crippen LogP contribution is -2.07. The first-order chi connectivity index (χ1) is 8.79. The quantitative estimate of drug-likeness (QED) is 0.713. The highest BCUT2D eigenvalue weighted by Gasteiger charge is 2.19. The molecule has 0 amide bonds. The Kier molecular flexibility index (Phi) is 5.54. The van der Waals surface area contributed by atoms with Crippen LogP contribution in [0.2, 0.25) is 0 Å². The van der Waals surface area contributed by atoms with Crippen molar-refractivity contribution in [1.82, 2.24) is 0 Å². The van der Waals surface area contributed by atoms with Crippen LogP contribution in [0.1, 0.15) is 76.0 Å². The van der Waals surface area contributed by atoms with Gasteiger partial charge in [0.05, 0.1) is 15.7 Å². The summed E-state index contributed by atoms with van der Waals surface area (Å²) >= 11 is 0. The van der Waals surface area contributed by atoms with E-state index in [2.05, 4.69) is 60.3 Å². The Hall–Kier alpha value is -0.890. The highest BCUT2D eigenvalue weighted by atomic mass is 32.2. The molecule has 1 aromatic rings. The molecule has 1 rings (SSSR count). The van der Waals surface area contributed by atoms with Crippen LogP contribution in [0, 0.1) is 0 Å². The molecule has 0 heterocycles. The van der Waals surface area contributed by atoms with Gasteiger partial charge in [-0.3, -0.25) is 0 Å². The predicted octanol–water partition coefficient (Wildman–Crippen LogP) is 5.31. The smallest absolute Gasteiger partial charge is 0.0775 e. The summed E-state index contributed by atoms with van der Waals surface area (Å²) in [5.74, 6) is 1.23. The van der Waals surface area contributed by atoms with Gasteiger partial charge in [0, 0.05) is 5.41 Å². The van der Waals surface area contributed by atoms with E-state index < -0.39 is 10.8 Å². The molecule has 1 aromatic carbocycles. The second-order valence-electron chi connectivity index (χ2n) is 5.96. The van der Waals surface area contributed by atoms with Crippen molar-refractivity contribution in [2.45, 2.75) is 64.2 Å². The Morgan fingerprint density at radius 2 is 1.37 bits per heavy atom. The minimum Gasteiger partial charge on any atom is -0.250 e. The van der Waals surface area contributed by atoms with E-state index in [1.54, 1.807) is 5.41 Å². The third-order valence-corrected chi connectivity index (χ3v) is 4.61. The van der Waals surface area contributed by atoms with E-state index in [-0.39, 0.29) is 0 Å².